The zero-order valence-electron chi connectivity index (χ0n) is 9.65. The molecule has 0 amide bonds. The molecule has 0 N–H and O–H groups in total. The van der Waals surface area contributed by atoms with Crippen molar-refractivity contribution < 1.29 is 4.92 Å². The third-order valence-corrected chi connectivity index (χ3v) is 3.51. The van der Waals surface area contributed by atoms with Gasteiger partial charge in [0.2, 0.25) is 0 Å². The quantitative estimate of drug-likeness (QED) is 0.389. The molecule has 2 rings (SSSR count). The maximum Gasteiger partial charge on any atom is 0.292 e. The number of thiol groups is 1. The summed E-state index contributed by atoms with van der Waals surface area (Å²) in [6.45, 7) is 2.92. The van der Waals surface area contributed by atoms with Crippen molar-refractivity contribution in [1.29, 1.82) is 0 Å². The summed E-state index contributed by atoms with van der Waals surface area (Å²) >= 11 is 9.14. The SMILES string of the molecule is O=[N+]([O-])c1ccccc1N1CCN(C(=S)S)CC1. The first-order valence-corrected chi connectivity index (χ1v) is 6.41. The molecular weight excluding hydrogens is 270 g/mol. The fourth-order valence-electron chi connectivity index (χ4n) is 2.02. The molecule has 1 fully saturated rings. The van der Waals surface area contributed by atoms with E-state index in [0.717, 1.165) is 13.1 Å². The first kappa shape index (κ1) is 13.1. The topological polar surface area (TPSA) is 49.6 Å². The van der Waals surface area contributed by atoms with Crippen molar-refractivity contribution in [2.24, 2.45) is 0 Å². The van der Waals surface area contributed by atoms with Crippen molar-refractivity contribution in [2.45, 2.75) is 0 Å². The molecule has 1 aliphatic heterocycles. The number of nitro groups is 1. The third-order valence-electron chi connectivity index (χ3n) is 2.97. The van der Waals surface area contributed by atoms with Gasteiger partial charge in [-0.05, 0) is 6.07 Å². The van der Waals surface area contributed by atoms with Gasteiger partial charge in [0.25, 0.3) is 5.69 Å². The molecule has 0 spiro atoms. The Bertz CT molecular complexity index is 473. The van der Waals surface area contributed by atoms with Crippen LogP contribution in [0.3, 0.4) is 0 Å². The van der Waals surface area contributed by atoms with Crippen molar-refractivity contribution in [2.75, 3.05) is 31.1 Å². The van der Waals surface area contributed by atoms with Gasteiger partial charge >= 0.3 is 0 Å². The Morgan fingerprint density at radius 1 is 1.28 bits per heavy atom. The van der Waals surface area contributed by atoms with E-state index >= 15 is 0 Å². The van der Waals surface area contributed by atoms with E-state index in [-0.39, 0.29) is 10.6 Å². The molecule has 1 saturated heterocycles. The van der Waals surface area contributed by atoms with Gasteiger partial charge in [0.05, 0.1) is 4.92 Å². The normalized spacial score (nSPS) is 15.6. The summed E-state index contributed by atoms with van der Waals surface area (Å²) in [6, 6.07) is 6.82. The van der Waals surface area contributed by atoms with Crippen LogP contribution in [0.2, 0.25) is 0 Å². The number of hydrogen-bond donors (Lipinski definition) is 1. The van der Waals surface area contributed by atoms with Crippen LogP contribution in [0.1, 0.15) is 0 Å². The van der Waals surface area contributed by atoms with Gasteiger partial charge in [0, 0.05) is 32.2 Å². The number of piperazine rings is 1. The van der Waals surface area contributed by atoms with Crippen molar-refractivity contribution >= 4 is 40.5 Å². The fourth-order valence-corrected chi connectivity index (χ4v) is 2.41. The maximum atomic E-state index is 11.0. The molecule has 0 aromatic heterocycles. The lowest BCUT2D eigenvalue weighted by atomic mass is 10.2. The lowest BCUT2D eigenvalue weighted by Gasteiger charge is -2.36. The predicted octanol–water partition coefficient (Wildman–Crippen LogP) is 1.93. The number of thiocarbonyl (C=S) groups is 1. The summed E-state index contributed by atoms with van der Waals surface area (Å²) in [5.41, 5.74) is 0.826. The van der Waals surface area contributed by atoms with Gasteiger partial charge in [0.15, 0.2) is 0 Å². The number of nitrogens with zero attached hydrogens (tertiary/aromatic N) is 3. The van der Waals surface area contributed by atoms with E-state index in [1.165, 1.54) is 6.07 Å². The van der Waals surface area contributed by atoms with E-state index in [1.54, 1.807) is 12.1 Å². The summed E-state index contributed by atoms with van der Waals surface area (Å²) < 4.78 is 0.581. The van der Waals surface area contributed by atoms with Gasteiger partial charge < -0.3 is 9.80 Å². The van der Waals surface area contributed by atoms with Gasteiger partial charge in [-0.1, -0.05) is 24.4 Å². The van der Waals surface area contributed by atoms with Gasteiger partial charge in [-0.2, -0.15) is 0 Å². The van der Waals surface area contributed by atoms with E-state index < -0.39 is 0 Å². The molecule has 0 unspecified atom stereocenters. The molecule has 7 heteroatoms. The molecule has 0 radical (unpaired) electrons. The summed E-state index contributed by atoms with van der Waals surface area (Å²) in [5.74, 6) is 0. The Labute approximate surface area is 116 Å². The van der Waals surface area contributed by atoms with Crippen LogP contribution >= 0.6 is 24.8 Å². The molecule has 1 heterocycles. The van der Waals surface area contributed by atoms with Crippen LogP contribution in [0.5, 0.6) is 0 Å². The van der Waals surface area contributed by atoms with Crippen molar-refractivity contribution in [1.82, 2.24) is 4.90 Å². The van der Waals surface area contributed by atoms with Gasteiger partial charge in [0.1, 0.15) is 10.0 Å². The molecule has 1 aromatic rings. The standard InChI is InChI=1S/C11H13N3O2S2/c15-14(16)10-4-2-1-3-9(10)12-5-7-13(8-6-12)11(17)18/h1-4H,5-8H2,(H,17,18). The number of hydrogen-bond acceptors (Lipinski definition) is 4. The van der Waals surface area contributed by atoms with E-state index in [2.05, 4.69) is 12.6 Å². The average molecular weight is 283 g/mol. The minimum absolute atomic E-state index is 0.152. The summed E-state index contributed by atoms with van der Waals surface area (Å²) in [6.07, 6.45) is 0. The van der Waals surface area contributed by atoms with E-state index in [1.807, 2.05) is 15.9 Å². The fraction of sp³-hybridized carbons (Fsp3) is 0.364. The van der Waals surface area contributed by atoms with E-state index in [4.69, 9.17) is 12.2 Å². The molecule has 1 aromatic carbocycles. The second-order valence-corrected chi connectivity index (χ2v) is 5.12. The Morgan fingerprint density at radius 2 is 1.89 bits per heavy atom. The zero-order valence-corrected chi connectivity index (χ0v) is 11.4. The van der Waals surface area contributed by atoms with Crippen LogP contribution in [-0.2, 0) is 0 Å². The molecule has 0 bridgehead atoms. The molecule has 1 aliphatic rings. The Hall–Kier alpha value is -1.34. The van der Waals surface area contributed by atoms with Crippen LogP contribution in [-0.4, -0.2) is 40.3 Å². The largest absolute Gasteiger partial charge is 0.362 e. The Balaban J connectivity index is 2.15. The molecule has 18 heavy (non-hydrogen) atoms. The number of rotatable bonds is 2. The Kier molecular flexibility index (Phi) is 4.03. The number of benzene rings is 1. The van der Waals surface area contributed by atoms with E-state index in [9.17, 15) is 10.1 Å². The van der Waals surface area contributed by atoms with Crippen LogP contribution in [0.25, 0.3) is 0 Å². The molecule has 96 valence electrons. The molecule has 0 saturated carbocycles. The monoisotopic (exact) mass is 283 g/mol. The first-order valence-electron chi connectivity index (χ1n) is 5.56. The lowest BCUT2D eigenvalue weighted by Crippen LogP contribution is -2.47. The van der Waals surface area contributed by atoms with Crippen LogP contribution in [0.4, 0.5) is 11.4 Å². The molecule has 0 atom stereocenters. The highest BCUT2D eigenvalue weighted by atomic mass is 32.1. The minimum atomic E-state index is -0.342. The van der Waals surface area contributed by atoms with Crippen molar-refractivity contribution in [3.8, 4) is 0 Å². The summed E-state index contributed by atoms with van der Waals surface area (Å²) in [7, 11) is 0. The first-order chi connectivity index (χ1) is 8.59. The zero-order chi connectivity index (χ0) is 13.1. The number of nitro benzene ring substituents is 1. The predicted molar refractivity (Wildman–Crippen MR) is 78.5 cm³/mol. The van der Waals surface area contributed by atoms with Crippen molar-refractivity contribution in [3.05, 3.63) is 34.4 Å². The highest BCUT2D eigenvalue weighted by Crippen LogP contribution is 2.28. The second-order valence-electron chi connectivity index (χ2n) is 4.00. The number of anilines is 1. The van der Waals surface area contributed by atoms with E-state index in [0.29, 0.717) is 23.1 Å². The second kappa shape index (κ2) is 5.53. The highest BCUT2D eigenvalue weighted by Gasteiger charge is 2.23. The number of para-hydroxylation sites is 2. The minimum Gasteiger partial charge on any atom is -0.362 e. The van der Waals surface area contributed by atoms with Crippen LogP contribution in [0, 0.1) is 10.1 Å². The maximum absolute atomic E-state index is 11.0. The smallest absolute Gasteiger partial charge is 0.292 e. The average Bonchev–Trinajstić information content (AvgIpc) is 2.39. The third kappa shape index (κ3) is 2.73. The van der Waals surface area contributed by atoms with Crippen molar-refractivity contribution in [3.63, 3.8) is 0 Å². The molecule has 0 aliphatic carbocycles. The van der Waals surface area contributed by atoms with Gasteiger partial charge in [-0.3, -0.25) is 10.1 Å². The Morgan fingerprint density at radius 3 is 2.44 bits per heavy atom. The highest BCUT2D eigenvalue weighted by molar-refractivity contribution is 8.10. The summed E-state index contributed by atoms with van der Waals surface area (Å²) in [5, 5.41) is 11.0. The molecular formula is C11H13N3O2S2. The molecule has 5 nitrogen and oxygen atoms in total. The summed E-state index contributed by atoms with van der Waals surface area (Å²) in [4.78, 5) is 14.6. The van der Waals surface area contributed by atoms with Gasteiger partial charge in [-0.25, -0.2) is 0 Å². The lowest BCUT2D eigenvalue weighted by molar-refractivity contribution is -0.384. The van der Waals surface area contributed by atoms with Crippen LogP contribution in [0.15, 0.2) is 24.3 Å². The van der Waals surface area contributed by atoms with Gasteiger partial charge in [-0.15, -0.1) is 12.6 Å². The van der Waals surface area contributed by atoms with Crippen LogP contribution < -0.4 is 4.90 Å².